The van der Waals surface area contributed by atoms with Gasteiger partial charge in [0.05, 0.1) is 0 Å². The van der Waals surface area contributed by atoms with Crippen molar-refractivity contribution in [1.29, 1.82) is 0 Å². The Morgan fingerprint density at radius 1 is 0.571 bits per heavy atom. The second-order valence-corrected chi connectivity index (χ2v) is 9.32. The molecule has 0 aliphatic heterocycles. The highest BCUT2D eigenvalue weighted by Gasteiger charge is 2.10. The summed E-state index contributed by atoms with van der Waals surface area (Å²) in [5.41, 5.74) is 2.26. The molecule has 0 amide bonds. The predicted octanol–water partition coefficient (Wildman–Crippen LogP) is 6.97. The molecule has 3 rings (SSSR count). The molecule has 28 heavy (non-hydrogen) atoms. The molecular weight excluding hydrogens is 384 g/mol. The number of aryl methyl sites for hydroxylation is 2. The highest BCUT2D eigenvalue weighted by molar-refractivity contribution is 7.15. The summed E-state index contributed by atoms with van der Waals surface area (Å²) >= 11 is 3.43. The largest absolute Gasteiger partial charge is 0.147 e. The summed E-state index contributed by atoms with van der Waals surface area (Å²) in [5, 5.41) is 21.8. The van der Waals surface area contributed by atoms with Gasteiger partial charge in [-0.3, -0.25) is 0 Å². The van der Waals surface area contributed by atoms with E-state index in [0.29, 0.717) is 0 Å². The normalized spacial score (nSPS) is 11.2. The molecule has 0 bridgehead atoms. The first kappa shape index (κ1) is 21.1. The fraction of sp³-hybridized carbons (Fsp3) is 0.545. The molecule has 0 N–H and O–H groups in total. The van der Waals surface area contributed by atoms with Gasteiger partial charge in [0.1, 0.15) is 20.0 Å². The van der Waals surface area contributed by atoms with Crippen LogP contribution in [-0.4, -0.2) is 20.4 Å². The first-order valence-corrected chi connectivity index (χ1v) is 12.2. The van der Waals surface area contributed by atoms with Crippen LogP contribution in [0.15, 0.2) is 24.3 Å². The number of aromatic nitrogens is 4. The maximum atomic E-state index is 4.38. The third-order valence-corrected chi connectivity index (χ3v) is 6.87. The maximum Gasteiger partial charge on any atom is 0.147 e. The molecule has 0 unspecified atom stereocenters. The van der Waals surface area contributed by atoms with Crippen molar-refractivity contribution in [1.82, 2.24) is 20.4 Å². The molecule has 150 valence electrons. The molecule has 4 nitrogen and oxygen atoms in total. The van der Waals surface area contributed by atoms with Crippen LogP contribution in [0.2, 0.25) is 0 Å². The molecule has 3 aromatic rings. The van der Waals surface area contributed by atoms with Gasteiger partial charge < -0.3 is 0 Å². The molecule has 0 radical (unpaired) electrons. The molecule has 0 aliphatic carbocycles. The summed E-state index contributed by atoms with van der Waals surface area (Å²) in [4.78, 5) is 0. The minimum atomic E-state index is 1.01. The first-order valence-electron chi connectivity index (χ1n) is 10.6. The fourth-order valence-electron chi connectivity index (χ4n) is 3.10. The SMILES string of the molecule is CCCCCCc1nnc(-c2ccc(-c3nnc(CCCCCC)s3)cc2)s1. The lowest BCUT2D eigenvalue weighted by Gasteiger charge is -1.98. The quantitative estimate of drug-likeness (QED) is 0.300. The summed E-state index contributed by atoms with van der Waals surface area (Å²) < 4.78 is 0. The molecule has 2 aromatic heterocycles. The average Bonchev–Trinajstić information content (AvgIpc) is 3.39. The average molecular weight is 415 g/mol. The number of rotatable bonds is 12. The Morgan fingerprint density at radius 2 is 1.00 bits per heavy atom. The van der Waals surface area contributed by atoms with Gasteiger partial charge in [-0.15, -0.1) is 20.4 Å². The van der Waals surface area contributed by atoms with Crippen LogP contribution in [0, 0.1) is 0 Å². The topological polar surface area (TPSA) is 51.6 Å². The third-order valence-electron chi connectivity index (χ3n) is 4.80. The van der Waals surface area contributed by atoms with Crippen molar-refractivity contribution in [3.63, 3.8) is 0 Å². The highest BCUT2D eigenvalue weighted by atomic mass is 32.1. The Morgan fingerprint density at radius 3 is 1.39 bits per heavy atom. The standard InChI is InChI=1S/C22H30N4S2/c1-3-5-7-9-11-19-23-25-21(27-19)17-13-15-18(16-14-17)22-26-24-20(28-22)12-10-8-6-4-2/h13-16H,3-12H2,1-2H3. The monoisotopic (exact) mass is 414 g/mol. The third kappa shape index (κ3) is 6.17. The van der Waals surface area contributed by atoms with Gasteiger partial charge in [-0.2, -0.15) is 0 Å². The van der Waals surface area contributed by atoms with Gasteiger partial charge in [0.15, 0.2) is 0 Å². The van der Waals surface area contributed by atoms with Crippen LogP contribution in [0.1, 0.15) is 75.2 Å². The summed E-state index contributed by atoms with van der Waals surface area (Å²) in [7, 11) is 0. The van der Waals surface area contributed by atoms with Crippen molar-refractivity contribution in [3.05, 3.63) is 34.3 Å². The lowest BCUT2D eigenvalue weighted by Crippen LogP contribution is -1.84. The molecule has 0 fully saturated rings. The van der Waals surface area contributed by atoms with E-state index in [1.165, 1.54) is 51.4 Å². The molecule has 0 spiro atoms. The summed E-state index contributed by atoms with van der Waals surface area (Å²) in [6.45, 7) is 4.48. The Hall–Kier alpha value is -1.66. The van der Waals surface area contributed by atoms with Crippen molar-refractivity contribution in [3.8, 4) is 21.1 Å². The van der Waals surface area contributed by atoms with Crippen LogP contribution in [0.25, 0.3) is 21.1 Å². The number of unbranched alkanes of at least 4 members (excludes halogenated alkanes) is 6. The smallest absolute Gasteiger partial charge is 0.143 e. The Labute approximate surface area is 176 Å². The Balaban J connectivity index is 1.56. The van der Waals surface area contributed by atoms with Crippen molar-refractivity contribution < 1.29 is 0 Å². The van der Waals surface area contributed by atoms with E-state index in [0.717, 1.165) is 44.0 Å². The van der Waals surface area contributed by atoms with E-state index in [-0.39, 0.29) is 0 Å². The minimum absolute atomic E-state index is 1.01. The molecule has 0 atom stereocenters. The van der Waals surface area contributed by atoms with E-state index in [4.69, 9.17) is 0 Å². The zero-order valence-corrected chi connectivity index (χ0v) is 18.6. The number of nitrogens with zero attached hydrogens (tertiary/aromatic N) is 4. The number of hydrogen-bond donors (Lipinski definition) is 0. The van der Waals surface area contributed by atoms with E-state index in [2.05, 4.69) is 58.5 Å². The molecule has 0 saturated carbocycles. The minimum Gasteiger partial charge on any atom is -0.143 e. The zero-order valence-electron chi connectivity index (χ0n) is 17.0. The van der Waals surface area contributed by atoms with E-state index in [1.54, 1.807) is 22.7 Å². The van der Waals surface area contributed by atoms with E-state index >= 15 is 0 Å². The highest BCUT2D eigenvalue weighted by Crippen LogP contribution is 2.29. The van der Waals surface area contributed by atoms with Crippen molar-refractivity contribution >= 4 is 22.7 Å². The van der Waals surface area contributed by atoms with Crippen LogP contribution in [0.3, 0.4) is 0 Å². The van der Waals surface area contributed by atoms with Gasteiger partial charge in [-0.1, -0.05) is 99.3 Å². The van der Waals surface area contributed by atoms with Crippen molar-refractivity contribution in [2.24, 2.45) is 0 Å². The molecular formula is C22H30N4S2. The second kappa shape index (κ2) is 11.4. The summed E-state index contributed by atoms with van der Waals surface area (Å²) in [6.07, 6.45) is 12.2. The Bertz CT molecular complexity index is 754. The van der Waals surface area contributed by atoms with Gasteiger partial charge >= 0.3 is 0 Å². The Kier molecular flexibility index (Phi) is 8.55. The molecule has 0 saturated heterocycles. The van der Waals surface area contributed by atoms with Gasteiger partial charge in [0, 0.05) is 24.0 Å². The number of hydrogen-bond acceptors (Lipinski definition) is 6. The van der Waals surface area contributed by atoms with Crippen LogP contribution in [0.4, 0.5) is 0 Å². The predicted molar refractivity (Wildman–Crippen MR) is 120 cm³/mol. The fourth-order valence-corrected chi connectivity index (χ4v) is 4.88. The molecule has 0 aliphatic rings. The van der Waals surface area contributed by atoms with E-state index in [1.807, 2.05) is 0 Å². The van der Waals surface area contributed by atoms with Crippen molar-refractivity contribution in [2.45, 2.75) is 78.1 Å². The van der Waals surface area contributed by atoms with Crippen molar-refractivity contribution in [2.75, 3.05) is 0 Å². The van der Waals surface area contributed by atoms with Gasteiger partial charge in [-0.05, 0) is 12.8 Å². The second-order valence-electron chi connectivity index (χ2n) is 7.20. The van der Waals surface area contributed by atoms with Crippen LogP contribution < -0.4 is 0 Å². The molecule has 1 aromatic carbocycles. The van der Waals surface area contributed by atoms with Gasteiger partial charge in [0.25, 0.3) is 0 Å². The van der Waals surface area contributed by atoms with Gasteiger partial charge in [0.2, 0.25) is 0 Å². The van der Waals surface area contributed by atoms with Gasteiger partial charge in [-0.25, -0.2) is 0 Å². The molecule has 2 heterocycles. The maximum absolute atomic E-state index is 4.38. The van der Waals surface area contributed by atoms with E-state index in [9.17, 15) is 0 Å². The zero-order chi connectivity index (χ0) is 19.6. The van der Waals surface area contributed by atoms with Crippen LogP contribution in [0.5, 0.6) is 0 Å². The van der Waals surface area contributed by atoms with Crippen LogP contribution >= 0.6 is 22.7 Å². The first-order chi connectivity index (χ1) is 13.8. The van der Waals surface area contributed by atoms with E-state index < -0.39 is 0 Å². The lowest BCUT2D eigenvalue weighted by molar-refractivity contribution is 0.663. The molecule has 6 heteroatoms. The lowest BCUT2D eigenvalue weighted by atomic mass is 10.1. The summed E-state index contributed by atoms with van der Waals surface area (Å²) in [6, 6.07) is 8.50. The number of benzene rings is 1. The summed E-state index contributed by atoms with van der Waals surface area (Å²) in [5.74, 6) is 0. The van der Waals surface area contributed by atoms with Crippen LogP contribution in [-0.2, 0) is 12.8 Å².